The highest BCUT2D eigenvalue weighted by molar-refractivity contribution is 6.31. The van der Waals surface area contributed by atoms with Crippen LogP contribution in [0.1, 0.15) is 50.1 Å². The van der Waals surface area contributed by atoms with Crippen molar-refractivity contribution in [3.05, 3.63) is 29.0 Å². The maximum absolute atomic E-state index is 6.45. The Morgan fingerprint density at radius 2 is 2.21 bits per heavy atom. The molecule has 3 nitrogen and oxygen atoms in total. The van der Waals surface area contributed by atoms with Crippen LogP contribution in [0, 0.1) is 5.92 Å². The van der Waals surface area contributed by atoms with Gasteiger partial charge in [0.1, 0.15) is 0 Å². The van der Waals surface area contributed by atoms with E-state index in [4.69, 9.17) is 22.1 Å². The van der Waals surface area contributed by atoms with E-state index in [1.54, 1.807) is 12.4 Å². The maximum atomic E-state index is 6.45. The molecule has 1 aliphatic heterocycles. The van der Waals surface area contributed by atoms with E-state index < -0.39 is 0 Å². The summed E-state index contributed by atoms with van der Waals surface area (Å²) in [6, 6.07) is 1.95. The van der Waals surface area contributed by atoms with Gasteiger partial charge in [-0.3, -0.25) is 4.98 Å². The summed E-state index contributed by atoms with van der Waals surface area (Å²) in [5.74, 6) is 0.465. The van der Waals surface area contributed by atoms with Gasteiger partial charge in [-0.05, 0) is 43.2 Å². The molecule has 1 saturated heterocycles. The van der Waals surface area contributed by atoms with Crippen LogP contribution < -0.4 is 5.73 Å². The molecule has 19 heavy (non-hydrogen) atoms. The van der Waals surface area contributed by atoms with Gasteiger partial charge in [0.25, 0.3) is 0 Å². The molecule has 1 saturated carbocycles. The van der Waals surface area contributed by atoms with E-state index in [9.17, 15) is 0 Å². The molecule has 1 spiro atoms. The minimum Gasteiger partial charge on any atom is -0.375 e. The molecule has 2 atom stereocenters. The molecule has 1 aromatic rings. The quantitative estimate of drug-likeness (QED) is 0.902. The third-order valence-corrected chi connectivity index (χ3v) is 5.03. The Hall–Kier alpha value is -0.640. The molecular weight excluding hydrogens is 260 g/mol. The molecular formula is C15H21ClN2O. The number of hydrogen-bond donors (Lipinski definition) is 1. The zero-order valence-electron chi connectivity index (χ0n) is 11.1. The summed E-state index contributed by atoms with van der Waals surface area (Å²) in [6.45, 7) is 0.834. The lowest BCUT2D eigenvalue weighted by Gasteiger charge is -2.40. The molecule has 4 heteroatoms. The number of hydrogen-bond acceptors (Lipinski definition) is 3. The summed E-state index contributed by atoms with van der Waals surface area (Å²) < 4.78 is 6.07. The van der Waals surface area contributed by atoms with Crippen LogP contribution in [0.25, 0.3) is 0 Å². The van der Waals surface area contributed by atoms with E-state index in [1.807, 2.05) is 6.07 Å². The lowest BCUT2D eigenvalue weighted by molar-refractivity contribution is -0.0963. The molecule has 0 bridgehead atoms. The summed E-state index contributed by atoms with van der Waals surface area (Å²) in [5.41, 5.74) is 7.59. The van der Waals surface area contributed by atoms with Crippen molar-refractivity contribution in [3.63, 3.8) is 0 Å². The van der Waals surface area contributed by atoms with Crippen molar-refractivity contribution >= 4 is 11.6 Å². The summed E-state index contributed by atoms with van der Waals surface area (Å²) >= 11 is 6.22. The molecule has 2 unspecified atom stereocenters. The Kier molecular flexibility index (Phi) is 3.79. The predicted molar refractivity (Wildman–Crippen MR) is 76.1 cm³/mol. The Morgan fingerprint density at radius 1 is 1.42 bits per heavy atom. The number of ether oxygens (including phenoxy) is 1. The Labute approximate surface area is 119 Å². The molecule has 2 N–H and O–H groups in total. The predicted octanol–water partition coefficient (Wildman–Crippen LogP) is 3.47. The first-order valence-electron chi connectivity index (χ1n) is 7.19. The minimum absolute atomic E-state index is 0.00289. The Balaban J connectivity index is 1.76. The van der Waals surface area contributed by atoms with Crippen LogP contribution in [0.2, 0.25) is 5.02 Å². The van der Waals surface area contributed by atoms with Crippen LogP contribution in [0.5, 0.6) is 0 Å². The Morgan fingerprint density at radius 3 is 2.95 bits per heavy atom. The van der Waals surface area contributed by atoms with E-state index in [-0.39, 0.29) is 11.6 Å². The molecule has 2 aliphatic rings. The molecule has 1 aliphatic carbocycles. The van der Waals surface area contributed by atoms with Gasteiger partial charge in [-0.1, -0.05) is 24.4 Å². The summed E-state index contributed by atoms with van der Waals surface area (Å²) in [6.07, 6.45) is 10.5. The van der Waals surface area contributed by atoms with Crippen molar-refractivity contribution in [2.75, 3.05) is 6.61 Å². The lowest BCUT2D eigenvalue weighted by atomic mass is 9.79. The van der Waals surface area contributed by atoms with Gasteiger partial charge in [-0.15, -0.1) is 0 Å². The number of nitrogens with two attached hydrogens (primary N) is 1. The summed E-state index contributed by atoms with van der Waals surface area (Å²) in [5, 5.41) is 0.682. The van der Waals surface area contributed by atoms with Crippen molar-refractivity contribution in [3.8, 4) is 0 Å². The summed E-state index contributed by atoms with van der Waals surface area (Å²) in [7, 11) is 0. The first kappa shape index (κ1) is 13.3. The third-order valence-electron chi connectivity index (χ3n) is 4.72. The van der Waals surface area contributed by atoms with Gasteiger partial charge >= 0.3 is 0 Å². The maximum Gasteiger partial charge on any atom is 0.0685 e. The number of halogens is 1. The molecule has 3 rings (SSSR count). The molecule has 2 fully saturated rings. The van der Waals surface area contributed by atoms with Crippen LogP contribution in [0.4, 0.5) is 0 Å². The van der Waals surface area contributed by atoms with Crippen molar-refractivity contribution in [1.82, 2.24) is 4.98 Å². The fraction of sp³-hybridized carbons (Fsp3) is 0.667. The standard InChI is InChI=1S/C15H21ClN2O/c16-13-10-18-7-3-12(13)14(17)11-4-8-19-15(9-11)5-1-2-6-15/h3,7,10-11,14H,1-2,4-6,8-9,17H2. The number of pyridine rings is 1. The smallest absolute Gasteiger partial charge is 0.0685 e. The van der Waals surface area contributed by atoms with Crippen molar-refractivity contribution in [2.45, 2.75) is 50.2 Å². The number of rotatable bonds is 2. The Bertz CT molecular complexity index is 446. The first-order valence-corrected chi connectivity index (χ1v) is 7.57. The second kappa shape index (κ2) is 5.39. The first-order chi connectivity index (χ1) is 9.20. The van der Waals surface area contributed by atoms with Gasteiger partial charge in [0.05, 0.1) is 10.6 Å². The van der Waals surface area contributed by atoms with Gasteiger partial charge in [0, 0.05) is 25.0 Å². The van der Waals surface area contributed by atoms with E-state index in [0.717, 1.165) is 25.0 Å². The average Bonchev–Trinajstić information content (AvgIpc) is 2.86. The third kappa shape index (κ3) is 2.64. The van der Waals surface area contributed by atoms with Gasteiger partial charge in [0.15, 0.2) is 0 Å². The SMILES string of the molecule is NC(c1ccncc1Cl)C1CCOC2(CCCC2)C1. The second-order valence-electron chi connectivity index (χ2n) is 5.91. The molecule has 2 heterocycles. The van der Waals surface area contributed by atoms with Crippen molar-refractivity contribution in [1.29, 1.82) is 0 Å². The minimum atomic E-state index is -0.00289. The van der Waals surface area contributed by atoms with E-state index >= 15 is 0 Å². The molecule has 1 aromatic heterocycles. The van der Waals surface area contributed by atoms with Gasteiger partial charge < -0.3 is 10.5 Å². The number of aromatic nitrogens is 1. The fourth-order valence-electron chi connectivity index (χ4n) is 3.65. The summed E-state index contributed by atoms with van der Waals surface area (Å²) in [4.78, 5) is 4.03. The van der Waals surface area contributed by atoms with Crippen LogP contribution in [-0.2, 0) is 4.74 Å². The molecule has 0 aromatic carbocycles. The average molecular weight is 281 g/mol. The fourth-order valence-corrected chi connectivity index (χ4v) is 3.90. The highest BCUT2D eigenvalue weighted by atomic mass is 35.5. The van der Waals surface area contributed by atoms with Crippen LogP contribution in [-0.4, -0.2) is 17.2 Å². The van der Waals surface area contributed by atoms with E-state index in [1.165, 1.54) is 25.7 Å². The number of nitrogens with zero attached hydrogens (tertiary/aromatic N) is 1. The second-order valence-corrected chi connectivity index (χ2v) is 6.32. The van der Waals surface area contributed by atoms with Crippen LogP contribution in [0.15, 0.2) is 18.5 Å². The van der Waals surface area contributed by atoms with Crippen LogP contribution in [0.3, 0.4) is 0 Å². The highest BCUT2D eigenvalue weighted by Crippen LogP contribution is 2.45. The zero-order chi connectivity index (χ0) is 13.3. The topological polar surface area (TPSA) is 48.1 Å². The van der Waals surface area contributed by atoms with Crippen LogP contribution >= 0.6 is 11.6 Å². The largest absolute Gasteiger partial charge is 0.375 e. The normalized spacial score (nSPS) is 27.6. The molecule has 0 radical (unpaired) electrons. The van der Waals surface area contributed by atoms with Gasteiger partial charge in [0.2, 0.25) is 0 Å². The van der Waals surface area contributed by atoms with Gasteiger partial charge in [-0.25, -0.2) is 0 Å². The van der Waals surface area contributed by atoms with Gasteiger partial charge in [-0.2, -0.15) is 0 Å². The highest BCUT2D eigenvalue weighted by Gasteiger charge is 2.41. The zero-order valence-corrected chi connectivity index (χ0v) is 11.9. The van der Waals surface area contributed by atoms with Crippen molar-refractivity contribution in [2.24, 2.45) is 11.7 Å². The van der Waals surface area contributed by atoms with Crippen molar-refractivity contribution < 1.29 is 4.74 Å². The molecule has 104 valence electrons. The monoisotopic (exact) mass is 280 g/mol. The van der Waals surface area contributed by atoms with E-state index in [0.29, 0.717) is 10.9 Å². The lowest BCUT2D eigenvalue weighted by Crippen LogP contribution is -2.40. The van der Waals surface area contributed by atoms with E-state index in [2.05, 4.69) is 4.98 Å². The molecule has 0 amide bonds.